The fraction of sp³-hybridized carbons (Fsp3) is 0.190. The summed E-state index contributed by atoms with van der Waals surface area (Å²) in [7, 11) is 0. The smallest absolute Gasteiger partial charge is 0.211 e. The van der Waals surface area contributed by atoms with Crippen molar-refractivity contribution in [2.45, 2.75) is 12.8 Å². The first kappa shape index (κ1) is 14.0. The second-order valence-electron chi connectivity index (χ2n) is 6.10. The Hall–Kier alpha value is -2.61. The summed E-state index contributed by atoms with van der Waals surface area (Å²) < 4.78 is 0. The molecule has 0 radical (unpaired) electrons. The second-order valence-corrected chi connectivity index (χ2v) is 6.10. The SMILES string of the molecule is C(=C\c1cc[nH+]c2ccccc12)/c1ccc(N2CCCC2)cc1. The van der Waals surface area contributed by atoms with Gasteiger partial charge in [-0.15, -0.1) is 0 Å². The number of pyridine rings is 1. The summed E-state index contributed by atoms with van der Waals surface area (Å²) in [6.45, 7) is 2.39. The van der Waals surface area contributed by atoms with Gasteiger partial charge in [-0.3, -0.25) is 0 Å². The summed E-state index contributed by atoms with van der Waals surface area (Å²) in [5, 5.41) is 1.25. The Morgan fingerprint density at radius 3 is 2.43 bits per heavy atom. The van der Waals surface area contributed by atoms with E-state index in [-0.39, 0.29) is 0 Å². The zero-order chi connectivity index (χ0) is 15.5. The largest absolute Gasteiger partial charge is 0.372 e. The third kappa shape index (κ3) is 2.98. The number of rotatable bonds is 3. The first-order valence-electron chi connectivity index (χ1n) is 8.33. The number of nitrogens with zero attached hydrogens (tertiary/aromatic N) is 1. The molecule has 0 amide bonds. The van der Waals surface area contributed by atoms with Gasteiger partial charge >= 0.3 is 0 Å². The highest BCUT2D eigenvalue weighted by Gasteiger charge is 2.11. The Labute approximate surface area is 137 Å². The molecule has 0 unspecified atom stereocenters. The van der Waals surface area contributed by atoms with Gasteiger partial charge in [-0.2, -0.15) is 0 Å². The molecule has 1 N–H and O–H groups in total. The van der Waals surface area contributed by atoms with Crippen molar-refractivity contribution in [3.8, 4) is 0 Å². The number of aromatic amines is 1. The molecule has 114 valence electrons. The van der Waals surface area contributed by atoms with Gasteiger partial charge in [0.2, 0.25) is 5.52 Å². The number of benzene rings is 2. The summed E-state index contributed by atoms with van der Waals surface area (Å²) in [5.74, 6) is 0. The highest BCUT2D eigenvalue weighted by molar-refractivity contribution is 5.88. The number of aromatic nitrogens is 1. The molecule has 0 aliphatic carbocycles. The third-order valence-corrected chi connectivity index (χ3v) is 4.56. The molecule has 23 heavy (non-hydrogen) atoms. The van der Waals surface area contributed by atoms with E-state index in [9.17, 15) is 0 Å². The molecule has 1 aromatic heterocycles. The number of para-hydroxylation sites is 1. The van der Waals surface area contributed by atoms with E-state index in [4.69, 9.17) is 0 Å². The molecule has 1 aliphatic rings. The van der Waals surface area contributed by atoms with Crippen LogP contribution in [0.2, 0.25) is 0 Å². The Kier molecular flexibility index (Phi) is 3.81. The van der Waals surface area contributed by atoms with Crippen molar-refractivity contribution in [1.82, 2.24) is 0 Å². The predicted molar refractivity (Wildman–Crippen MR) is 97.3 cm³/mol. The standard InChI is InChI=1S/C21H20N2/c1-2-6-21-20(5-1)18(13-14-22-21)10-7-17-8-11-19(12-9-17)23-15-3-4-16-23/h1-2,5-14H,3-4,15-16H2/p+1/b10-7+. The van der Waals surface area contributed by atoms with E-state index >= 15 is 0 Å². The molecule has 2 nitrogen and oxygen atoms in total. The molecule has 2 aromatic carbocycles. The van der Waals surface area contributed by atoms with Crippen LogP contribution in [0.3, 0.4) is 0 Å². The molecule has 0 saturated carbocycles. The first-order chi connectivity index (χ1) is 11.4. The van der Waals surface area contributed by atoms with Crippen molar-refractivity contribution < 1.29 is 4.98 Å². The Bertz CT molecular complexity index is 823. The number of H-pyrrole nitrogens is 1. The molecule has 2 heterocycles. The maximum atomic E-state index is 3.29. The van der Waals surface area contributed by atoms with E-state index in [1.54, 1.807) is 0 Å². The third-order valence-electron chi connectivity index (χ3n) is 4.56. The van der Waals surface area contributed by atoms with Crippen LogP contribution in [0.1, 0.15) is 24.0 Å². The monoisotopic (exact) mass is 301 g/mol. The van der Waals surface area contributed by atoms with E-state index in [1.807, 2.05) is 6.20 Å². The van der Waals surface area contributed by atoms with Crippen molar-refractivity contribution in [3.05, 3.63) is 71.9 Å². The molecule has 2 heteroatoms. The maximum Gasteiger partial charge on any atom is 0.211 e. The van der Waals surface area contributed by atoms with Crippen LogP contribution in [0.4, 0.5) is 5.69 Å². The van der Waals surface area contributed by atoms with Gasteiger partial charge < -0.3 is 4.90 Å². The van der Waals surface area contributed by atoms with Crippen molar-refractivity contribution in [2.75, 3.05) is 18.0 Å². The summed E-state index contributed by atoms with van der Waals surface area (Å²) in [4.78, 5) is 5.75. The zero-order valence-corrected chi connectivity index (χ0v) is 13.2. The lowest BCUT2D eigenvalue weighted by Gasteiger charge is -2.17. The minimum Gasteiger partial charge on any atom is -0.372 e. The van der Waals surface area contributed by atoms with E-state index in [0.717, 1.165) is 0 Å². The minimum atomic E-state index is 1.17. The normalized spacial score (nSPS) is 14.9. The number of hydrogen-bond donors (Lipinski definition) is 0. The summed E-state index contributed by atoms with van der Waals surface area (Å²) in [5.41, 5.74) is 4.99. The molecule has 0 spiro atoms. The number of anilines is 1. The molecular weight excluding hydrogens is 280 g/mol. The van der Waals surface area contributed by atoms with Crippen molar-refractivity contribution in [1.29, 1.82) is 0 Å². The maximum absolute atomic E-state index is 3.29. The molecule has 0 atom stereocenters. The van der Waals surface area contributed by atoms with Crippen LogP contribution in [0.15, 0.2) is 60.8 Å². The lowest BCUT2D eigenvalue weighted by molar-refractivity contribution is -0.344. The number of nitrogens with one attached hydrogen (secondary N) is 1. The Morgan fingerprint density at radius 2 is 1.61 bits per heavy atom. The van der Waals surface area contributed by atoms with Gasteiger partial charge in [0.05, 0.1) is 5.39 Å². The van der Waals surface area contributed by atoms with Crippen LogP contribution in [0.5, 0.6) is 0 Å². The van der Waals surface area contributed by atoms with E-state index in [2.05, 4.69) is 76.6 Å². The fourth-order valence-corrected chi connectivity index (χ4v) is 3.27. The summed E-state index contributed by atoms with van der Waals surface area (Å²) in [6.07, 6.45) is 9.02. The lowest BCUT2D eigenvalue weighted by atomic mass is 10.1. The molecule has 3 aromatic rings. The molecule has 0 bridgehead atoms. The highest BCUT2D eigenvalue weighted by atomic mass is 15.1. The quantitative estimate of drug-likeness (QED) is 0.700. The van der Waals surface area contributed by atoms with Gasteiger partial charge in [0.25, 0.3) is 0 Å². The first-order valence-corrected chi connectivity index (χ1v) is 8.33. The van der Waals surface area contributed by atoms with Crippen molar-refractivity contribution in [3.63, 3.8) is 0 Å². The second kappa shape index (κ2) is 6.25. The van der Waals surface area contributed by atoms with Gasteiger partial charge in [0, 0.05) is 30.9 Å². The van der Waals surface area contributed by atoms with Crippen LogP contribution >= 0.6 is 0 Å². The molecular formula is C21H21N2+. The average molecular weight is 301 g/mol. The van der Waals surface area contributed by atoms with Crippen LogP contribution in [-0.2, 0) is 0 Å². The van der Waals surface area contributed by atoms with E-state index in [1.165, 1.54) is 53.6 Å². The molecule has 4 rings (SSSR count). The highest BCUT2D eigenvalue weighted by Crippen LogP contribution is 2.22. The van der Waals surface area contributed by atoms with Crippen molar-refractivity contribution >= 4 is 28.7 Å². The summed E-state index contributed by atoms with van der Waals surface area (Å²) in [6, 6.07) is 19.4. The van der Waals surface area contributed by atoms with Gasteiger partial charge in [-0.1, -0.05) is 36.4 Å². The Morgan fingerprint density at radius 1 is 0.826 bits per heavy atom. The molecule has 1 aliphatic heterocycles. The van der Waals surface area contributed by atoms with E-state index < -0.39 is 0 Å². The van der Waals surface area contributed by atoms with Crippen LogP contribution in [0.25, 0.3) is 23.1 Å². The minimum absolute atomic E-state index is 1.17. The van der Waals surface area contributed by atoms with Crippen LogP contribution in [0, 0.1) is 0 Å². The summed E-state index contributed by atoms with van der Waals surface area (Å²) >= 11 is 0. The van der Waals surface area contributed by atoms with Crippen LogP contribution in [-0.4, -0.2) is 13.1 Å². The number of hydrogen-bond acceptors (Lipinski definition) is 1. The van der Waals surface area contributed by atoms with Gasteiger partial charge in [0.15, 0.2) is 6.20 Å². The zero-order valence-electron chi connectivity index (χ0n) is 13.2. The molecule has 1 fully saturated rings. The lowest BCUT2D eigenvalue weighted by Crippen LogP contribution is -2.17. The Balaban J connectivity index is 1.58. The van der Waals surface area contributed by atoms with Gasteiger partial charge in [-0.25, -0.2) is 4.98 Å². The van der Waals surface area contributed by atoms with Crippen molar-refractivity contribution in [2.24, 2.45) is 0 Å². The fourth-order valence-electron chi connectivity index (χ4n) is 3.27. The number of fused-ring (bicyclic) bond motifs is 1. The van der Waals surface area contributed by atoms with E-state index in [0.29, 0.717) is 0 Å². The molecule has 1 saturated heterocycles. The average Bonchev–Trinajstić information content (AvgIpc) is 3.15. The van der Waals surface area contributed by atoms with Gasteiger partial charge in [0.1, 0.15) is 0 Å². The van der Waals surface area contributed by atoms with Gasteiger partial charge in [-0.05, 0) is 42.2 Å². The predicted octanol–water partition coefficient (Wildman–Crippen LogP) is 4.42. The topological polar surface area (TPSA) is 17.4 Å². The van der Waals surface area contributed by atoms with Crippen LogP contribution < -0.4 is 9.88 Å².